The highest BCUT2D eigenvalue weighted by atomic mass is 16.6. The first kappa shape index (κ1) is 18.3. The second-order valence-corrected chi connectivity index (χ2v) is 5.86. The Labute approximate surface area is 146 Å². The minimum absolute atomic E-state index is 0.00565. The Morgan fingerprint density at radius 3 is 2.85 bits per heavy atom. The van der Waals surface area contributed by atoms with Gasteiger partial charge in [-0.05, 0) is 6.92 Å². The van der Waals surface area contributed by atoms with E-state index >= 15 is 0 Å². The Kier molecular flexibility index (Phi) is 4.91. The number of methoxy groups -OCH3 is 1. The van der Waals surface area contributed by atoms with Crippen molar-refractivity contribution in [3.05, 3.63) is 16.7 Å². The number of hydrogen-bond donors (Lipinski definition) is 5. The van der Waals surface area contributed by atoms with Gasteiger partial charge < -0.3 is 30.1 Å². The Morgan fingerprint density at radius 2 is 2.23 bits per heavy atom. The van der Waals surface area contributed by atoms with Crippen LogP contribution < -0.4 is 10.9 Å². The molecular formula is C14H19N5O7. The summed E-state index contributed by atoms with van der Waals surface area (Å²) >= 11 is 0. The summed E-state index contributed by atoms with van der Waals surface area (Å²) in [6.07, 6.45) is -3.49. The Bertz CT molecular complexity index is 865. The molecule has 0 aliphatic carbocycles. The van der Waals surface area contributed by atoms with E-state index in [0.717, 1.165) is 0 Å². The van der Waals surface area contributed by atoms with Crippen molar-refractivity contribution in [3.63, 3.8) is 0 Å². The molecule has 0 bridgehead atoms. The lowest BCUT2D eigenvalue weighted by molar-refractivity contribution is -0.141. The second kappa shape index (κ2) is 6.99. The number of anilines is 1. The predicted octanol–water partition coefficient (Wildman–Crippen LogP) is -2.30. The van der Waals surface area contributed by atoms with E-state index in [-0.39, 0.29) is 17.1 Å². The monoisotopic (exact) mass is 369 g/mol. The summed E-state index contributed by atoms with van der Waals surface area (Å²) in [5.74, 6) is -0.557. The van der Waals surface area contributed by atoms with Crippen LogP contribution in [0.1, 0.15) is 13.2 Å². The molecule has 0 spiro atoms. The molecule has 0 saturated carbocycles. The van der Waals surface area contributed by atoms with Crippen molar-refractivity contribution in [2.75, 3.05) is 19.0 Å². The average Bonchev–Trinajstić information content (AvgIpc) is 3.16. The van der Waals surface area contributed by atoms with Gasteiger partial charge in [0.25, 0.3) is 5.56 Å². The van der Waals surface area contributed by atoms with Gasteiger partial charge in [0, 0.05) is 0 Å². The maximum Gasteiger partial charge on any atom is 0.328 e. The number of imidazole rings is 1. The quantitative estimate of drug-likeness (QED) is 0.361. The third-order valence-corrected chi connectivity index (χ3v) is 4.13. The Balaban J connectivity index is 1.98. The molecule has 1 aliphatic rings. The zero-order valence-electron chi connectivity index (χ0n) is 14.0. The fourth-order valence-corrected chi connectivity index (χ4v) is 2.73. The standard InChI is InChI=1S/C14H19N5O7/c1-5(13(24)25-2)16-14-17-10-7(11(23)18-14)15-4-19(10)12-9(22)8(21)6(3-20)26-12/h4-6,8-9,12,20-22H,3H2,1-2H3,(H2,16,17,18,23). The largest absolute Gasteiger partial charge is 0.467 e. The molecule has 142 valence electrons. The highest BCUT2D eigenvalue weighted by Gasteiger charge is 2.44. The Hall–Kier alpha value is -2.54. The number of H-pyrrole nitrogens is 1. The molecule has 2 aromatic rings. The summed E-state index contributed by atoms with van der Waals surface area (Å²) in [6.45, 7) is 1.04. The van der Waals surface area contributed by atoms with Crippen molar-refractivity contribution in [3.8, 4) is 0 Å². The second-order valence-electron chi connectivity index (χ2n) is 5.86. The first-order valence-electron chi connectivity index (χ1n) is 7.81. The molecule has 12 heteroatoms. The Morgan fingerprint density at radius 1 is 1.50 bits per heavy atom. The molecule has 0 aromatic carbocycles. The number of nitrogens with zero attached hydrogens (tertiary/aromatic N) is 3. The number of aromatic nitrogens is 4. The minimum atomic E-state index is -1.35. The van der Waals surface area contributed by atoms with E-state index in [2.05, 4.69) is 25.0 Å². The highest BCUT2D eigenvalue weighted by Crippen LogP contribution is 2.30. The van der Waals surface area contributed by atoms with E-state index in [0.29, 0.717) is 0 Å². The molecule has 12 nitrogen and oxygen atoms in total. The van der Waals surface area contributed by atoms with Gasteiger partial charge in [0.2, 0.25) is 5.95 Å². The number of aliphatic hydroxyl groups is 3. The number of rotatable bonds is 5. The summed E-state index contributed by atoms with van der Waals surface area (Å²) in [6, 6.07) is -0.772. The van der Waals surface area contributed by atoms with Gasteiger partial charge in [-0.1, -0.05) is 0 Å². The normalized spacial score (nSPS) is 26.8. The van der Waals surface area contributed by atoms with E-state index in [1.807, 2.05) is 0 Å². The maximum absolute atomic E-state index is 12.2. The summed E-state index contributed by atoms with van der Waals surface area (Å²) in [5.41, 5.74) is -0.512. The summed E-state index contributed by atoms with van der Waals surface area (Å²) in [4.78, 5) is 34.3. The zero-order chi connectivity index (χ0) is 19.0. The van der Waals surface area contributed by atoms with Gasteiger partial charge in [-0.15, -0.1) is 0 Å². The van der Waals surface area contributed by atoms with Gasteiger partial charge in [0.1, 0.15) is 24.4 Å². The van der Waals surface area contributed by atoms with E-state index < -0.39 is 48.7 Å². The summed E-state index contributed by atoms with van der Waals surface area (Å²) < 4.78 is 11.3. The van der Waals surface area contributed by atoms with Crippen LogP contribution in [0, 0.1) is 0 Å². The smallest absolute Gasteiger partial charge is 0.328 e. The van der Waals surface area contributed by atoms with Crippen molar-refractivity contribution < 1.29 is 29.6 Å². The SMILES string of the molecule is COC(=O)C(C)Nc1nc2c(ncn2C2OC(CO)C(O)C2O)c(=O)[nH]1. The molecule has 0 radical (unpaired) electrons. The van der Waals surface area contributed by atoms with Crippen LogP contribution in [0.3, 0.4) is 0 Å². The molecule has 1 fully saturated rings. The van der Waals surface area contributed by atoms with Crippen molar-refractivity contribution in [2.45, 2.75) is 37.5 Å². The number of fused-ring (bicyclic) bond motifs is 1. The van der Waals surface area contributed by atoms with Crippen molar-refractivity contribution >= 4 is 23.1 Å². The van der Waals surface area contributed by atoms with Gasteiger partial charge in [-0.25, -0.2) is 9.78 Å². The van der Waals surface area contributed by atoms with Gasteiger partial charge >= 0.3 is 5.97 Å². The third kappa shape index (κ3) is 3.03. The molecule has 0 amide bonds. The van der Waals surface area contributed by atoms with Crippen molar-refractivity contribution in [1.29, 1.82) is 0 Å². The number of nitrogens with one attached hydrogen (secondary N) is 2. The summed E-state index contributed by atoms with van der Waals surface area (Å²) in [7, 11) is 1.23. The maximum atomic E-state index is 12.2. The molecule has 3 rings (SSSR count). The van der Waals surface area contributed by atoms with Crippen LogP contribution >= 0.6 is 0 Å². The van der Waals surface area contributed by atoms with E-state index in [1.165, 1.54) is 24.9 Å². The van der Waals surface area contributed by atoms with Gasteiger partial charge in [-0.2, -0.15) is 4.98 Å². The lowest BCUT2D eigenvalue weighted by Crippen LogP contribution is -2.33. The van der Waals surface area contributed by atoms with Crippen LogP contribution in [0.25, 0.3) is 11.2 Å². The number of aromatic amines is 1. The predicted molar refractivity (Wildman–Crippen MR) is 86.3 cm³/mol. The van der Waals surface area contributed by atoms with Crippen LogP contribution in [-0.2, 0) is 14.3 Å². The molecule has 1 aliphatic heterocycles. The van der Waals surface area contributed by atoms with E-state index in [1.54, 1.807) is 0 Å². The van der Waals surface area contributed by atoms with Crippen LogP contribution in [0.5, 0.6) is 0 Å². The lowest BCUT2D eigenvalue weighted by atomic mass is 10.1. The molecule has 26 heavy (non-hydrogen) atoms. The van der Waals surface area contributed by atoms with E-state index in [9.17, 15) is 24.9 Å². The molecule has 5 N–H and O–H groups in total. The van der Waals surface area contributed by atoms with Crippen molar-refractivity contribution in [1.82, 2.24) is 19.5 Å². The van der Waals surface area contributed by atoms with Crippen molar-refractivity contribution in [2.24, 2.45) is 0 Å². The number of ether oxygens (including phenoxy) is 2. The molecule has 5 atom stereocenters. The number of carbonyl (C=O) groups is 1. The number of hydrogen-bond acceptors (Lipinski definition) is 10. The first-order valence-corrected chi connectivity index (χ1v) is 7.81. The fourth-order valence-electron chi connectivity index (χ4n) is 2.73. The number of carbonyl (C=O) groups excluding carboxylic acids is 1. The first-order chi connectivity index (χ1) is 12.4. The molecule has 2 aromatic heterocycles. The topological polar surface area (TPSA) is 172 Å². The fraction of sp³-hybridized carbons (Fsp3) is 0.571. The zero-order valence-corrected chi connectivity index (χ0v) is 14.0. The molecule has 3 heterocycles. The summed E-state index contributed by atoms with van der Waals surface area (Å²) in [5, 5.41) is 31.9. The number of aliphatic hydroxyl groups excluding tert-OH is 3. The van der Waals surface area contributed by atoms with Gasteiger partial charge in [0.15, 0.2) is 17.4 Å². The van der Waals surface area contributed by atoms with Crippen LogP contribution in [-0.4, -0.2) is 78.9 Å². The molecule has 1 saturated heterocycles. The van der Waals surface area contributed by atoms with Crippen LogP contribution in [0.2, 0.25) is 0 Å². The van der Waals surface area contributed by atoms with Crippen LogP contribution in [0.4, 0.5) is 5.95 Å². The highest BCUT2D eigenvalue weighted by molar-refractivity contribution is 5.78. The molecular weight excluding hydrogens is 350 g/mol. The number of esters is 1. The van der Waals surface area contributed by atoms with Gasteiger partial charge in [0.05, 0.1) is 20.0 Å². The third-order valence-electron chi connectivity index (χ3n) is 4.13. The van der Waals surface area contributed by atoms with E-state index in [4.69, 9.17) is 4.74 Å². The molecule has 5 unspecified atom stereocenters. The lowest BCUT2D eigenvalue weighted by Gasteiger charge is -2.17. The minimum Gasteiger partial charge on any atom is -0.467 e. The average molecular weight is 369 g/mol. The van der Waals surface area contributed by atoms with Crippen LogP contribution in [0.15, 0.2) is 11.1 Å². The van der Waals surface area contributed by atoms with Gasteiger partial charge in [-0.3, -0.25) is 14.3 Å².